The Morgan fingerprint density at radius 2 is 2.40 bits per heavy atom. The Morgan fingerprint density at radius 1 is 1.67 bits per heavy atom. The van der Waals surface area contributed by atoms with E-state index in [-0.39, 0.29) is 5.76 Å². The molecule has 0 saturated heterocycles. The molecule has 1 saturated carbocycles. The summed E-state index contributed by atoms with van der Waals surface area (Å²) in [6.45, 7) is 4.45. The van der Waals surface area contributed by atoms with E-state index in [0.29, 0.717) is 11.3 Å². The first-order valence-corrected chi connectivity index (χ1v) is 5.18. The van der Waals surface area contributed by atoms with Gasteiger partial charge in [0.25, 0.3) is 0 Å². The number of aromatic carboxylic acids is 1. The first-order valence-electron chi connectivity index (χ1n) is 5.18. The van der Waals surface area contributed by atoms with Crippen LogP contribution in [0.1, 0.15) is 55.3 Å². The van der Waals surface area contributed by atoms with Crippen LogP contribution in [0.2, 0.25) is 0 Å². The molecule has 0 aliphatic heterocycles. The number of rotatable bonds is 2. The third kappa shape index (κ3) is 2.03. The molecule has 0 amide bonds. The monoisotopic (exact) mass is 209 g/mol. The van der Waals surface area contributed by atoms with Crippen molar-refractivity contribution in [1.82, 2.24) is 5.16 Å². The van der Waals surface area contributed by atoms with Crippen molar-refractivity contribution >= 4 is 5.97 Å². The van der Waals surface area contributed by atoms with E-state index >= 15 is 0 Å². The summed E-state index contributed by atoms with van der Waals surface area (Å²) in [5.41, 5.74) is 1.13. The van der Waals surface area contributed by atoms with E-state index in [1.165, 1.54) is 0 Å². The second-order valence-electron chi connectivity index (χ2n) is 5.03. The number of carboxylic acids is 1. The van der Waals surface area contributed by atoms with Gasteiger partial charge in [-0.25, -0.2) is 4.79 Å². The fourth-order valence-corrected chi connectivity index (χ4v) is 2.27. The van der Waals surface area contributed by atoms with Crippen molar-refractivity contribution in [3.8, 4) is 0 Å². The lowest BCUT2D eigenvalue weighted by Gasteiger charge is -2.15. The predicted octanol–water partition coefficient (Wildman–Crippen LogP) is 2.67. The highest BCUT2D eigenvalue weighted by Crippen LogP contribution is 2.45. The Bertz CT molecular complexity index is 381. The van der Waals surface area contributed by atoms with Crippen LogP contribution in [0.25, 0.3) is 0 Å². The minimum Gasteiger partial charge on any atom is -0.475 e. The van der Waals surface area contributed by atoms with Crippen molar-refractivity contribution in [2.75, 3.05) is 0 Å². The van der Waals surface area contributed by atoms with Gasteiger partial charge in [-0.15, -0.1) is 0 Å². The fourth-order valence-electron chi connectivity index (χ4n) is 2.27. The van der Waals surface area contributed by atoms with Crippen molar-refractivity contribution < 1.29 is 14.4 Å². The first kappa shape index (κ1) is 10.2. The number of hydrogen-bond donors (Lipinski definition) is 1. The van der Waals surface area contributed by atoms with Gasteiger partial charge in [0.15, 0.2) is 0 Å². The van der Waals surface area contributed by atoms with Crippen LogP contribution < -0.4 is 0 Å². The SMILES string of the molecule is CC1(C)CCC(c2cc(C(=O)O)on2)C1. The molecule has 1 atom stereocenters. The van der Waals surface area contributed by atoms with E-state index in [2.05, 4.69) is 19.0 Å². The number of carbonyl (C=O) groups is 1. The number of hydrogen-bond acceptors (Lipinski definition) is 3. The van der Waals surface area contributed by atoms with Gasteiger partial charge in [-0.2, -0.15) is 0 Å². The summed E-state index contributed by atoms with van der Waals surface area (Å²) in [4.78, 5) is 10.6. The van der Waals surface area contributed by atoms with Gasteiger partial charge in [-0.1, -0.05) is 19.0 Å². The molecule has 0 bridgehead atoms. The maximum atomic E-state index is 10.6. The van der Waals surface area contributed by atoms with Crippen LogP contribution in [0.5, 0.6) is 0 Å². The summed E-state index contributed by atoms with van der Waals surface area (Å²) in [6.07, 6.45) is 3.28. The summed E-state index contributed by atoms with van der Waals surface area (Å²) < 4.78 is 4.76. The largest absolute Gasteiger partial charge is 0.475 e. The molecule has 1 fully saturated rings. The zero-order valence-electron chi connectivity index (χ0n) is 8.99. The van der Waals surface area contributed by atoms with E-state index < -0.39 is 5.97 Å². The Hall–Kier alpha value is -1.32. The summed E-state index contributed by atoms with van der Waals surface area (Å²) in [7, 11) is 0. The zero-order chi connectivity index (χ0) is 11.1. The lowest BCUT2D eigenvalue weighted by Crippen LogP contribution is -2.04. The predicted molar refractivity (Wildman–Crippen MR) is 53.8 cm³/mol. The molecule has 4 nitrogen and oxygen atoms in total. The lowest BCUT2D eigenvalue weighted by molar-refractivity contribution is 0.0652. The van der Waals surface area contributed by atoms with Crippen molar-refractivity contribution in [3.05, 3.63) is 17.5 Å². The normalized spacial score (nSPS) is 24.3. The molecule has 82 valence electrons. The van der Waals surface area contributed by atoms with E-state index in [1.54, 1.807) is 6.07 Å². The topological polar surface area (TPSA) is 63.3 Å². The van der Waals surface area contributed by atoms with Crippen LogP contribution >= 0.6 is 0 Å². The molecule has 1 aromatic heterocycles. The Labute approximate surface area is 88.3 Å². The molecule has 1 unspecified atom stereocenters. The molecule has 2 rings (SSSR count). The van der Waals surface area contributed by atoms with Crippen molar-refractivity contribution in [2.45, 2.75) is 39.0 Å². The van der Waals surface area contributed by atoms with Gasteiger partial charge in [-0.3, -0.25) is 0 Å². The Morgan fingerprint density at radius 3 is 2.87 bits per heavy atom. The lowest BCUT2D eigenvalue weighted by atomic mass is 9.90. The minimum absolute atomic E-state index is 0.0605. The van der Waals surface area contributed by atoms with Crippen molar-refractivity contribution in [3.63, 3.8) is 0 Å². The smallest absolute Gasteiger partial charge is 0.374 e. The minimum atomic E-state index is -1.05. The number of carboxylic acid groups (broad SMARTS) is 1. The Balaban J connectivity index is 2.14. The summed E-state index contributed by atoms with van der Waals surface area (Å²) in [5, 5.41) is 12.5. The molecule has 1 N–H and O–H groups in total. The third-order valence-corrected chi connectivity index (χ3v) is 3.13. The van der Waals surface area contributed by atoms with Crippen LogP contribution in [0.4, 0.5) is 0 Å². The molecule has 4 heteroatoms. The molecule has 15 heavy (non-hydrogen) atoms. The quantitative estimate of drug-likeness (QED) is 0.813. The second-order valence-corrected chi connectivity index (χ2v) is 5.03. The second kappa shape index (κ2) is 3.36. The molecule has 1 aromatic rings. The summed E-state index contributed by atoms with van der Waals surface area (Å²) in [6, 6.07) is 1.55. The van der Waals surface area contributed by atoms with Gasteiger partial charge < -0.3 is 9.63 Å². The van der Waals surface area contributed by atoms with Gasteiger partial charge in [0.2, 0.25) is 5.76 Å². The molecular formula is C11H15NO3. The maximum Gasteiger partial charge on any atom is 0.374 e. The van der Waals surface area contributed by atoms with Gasteiger partial charge in [-0.05, 0) is 24.7 Å². The standard InChI is InChI=1S/C11H15NO3/c1-11(2)4-3-7(6-11)8-5-9(10(13)14)15-12-8/h5,7H,3-4,6H2,1-2H3,(H,13,14). The van der Waals surface area contributed by atoms with Gasteiger partial charge in [0.05, 0.1) is 5.69 Å². The highest BCUT2D eigenvalue weighted by atomic mass is 16.5. The fraction of sp³-hybridized carbons (Fsp3) is 0.636. The van der Waals surface area contributed by atoms with Gasteiger partial charge >= 0.3 is 5.97 Å². The summed E-state index contributed by atoms with van der Waals surface area (Å²) >= 11 is 0. The van der Waals surface area contributed by atoms with E-state index in [4.69, 9.17) is 9.63 Å². The highest BCUT2D eigenvalue weighted by molar-refractivity contribution is 5.84. The van der Waals surface area contributed by atoms with Crippen molar-refractivity contribution in [1.29, 1.82) is 0 Å². The molecule has 1 heterocycles. The zero-order valence-corrected chi connectivity index (χ0v) is 8.99. The van der Waals surface area contributed by atoms with Crippen LogP contribution in [0, 0.1) is 5.41 Å². The first-order chi connectivity index (χ1) is 6.98. The van der Waals surface area contributed by atoms with Crippen LogP contribution in [-0.4, -0.2) is 16.2 Å². The molecule has 0 aromatic carbocycles. The molecule has 0 spiro atoms. The molecule has 0 radical (unpaired) electrons. The van der Waals surface area contributed by atoms with Crippen LogP contribution in [0.15, 0.2) is 10.6 Å². The number of nitrogens with zero attached hydrogens (tertiary/aromatic N) is 1. The third-order valence-electron chi connectivity index (χ3n) is 3.13. The van der Waals surface area contributed by atoms with E-state index in [1.807, 2.05) is 0 Å². The molecule has 1 aliphatic rings. The van der Waals surface area contributed by atoms with E-state index in [9.17, 15) is 4.79 Å². The average Bonchev–Trinajstić information content (AvgIpc) is 2.70. The maximum absolute atomic E-state index is 10.6. The van der Waals surface area contributed by atoms with E-state index in [0.717, 1.165) is 25.0 Å². The van der Waals surface area contributed by atoms with Crippen LogP contribution in [0.3, 0.4) is 0 Å². The van der Waals surface area contributed by atoms with Gasteiger partial charge in [0, 0.05) is 12.0 Å². The molecular weight excluding hydrogens is 194 g/mol. The van der Waals surface area contributed by atoms with Gasteiger partial charge in [0.1, 0.15) is 0 Å². The highest BCUT2D eigenvalue weighted by Gasteiger charge is 2.33. The molecule has 1 aliphatic carbocycles. The number of aromatic nitrogens is 1. The Kier molecular flexibility index (Phi) is 2.29. The van der Waals surface area contributed by atoms with Crippen LogP contribution in [-0.2, 0) is 0 Å². The average molecular weight is 209 g/mol. The van der Waals surface area contributed by atoms with Crippen molar-refractivity contribution in [2.24, 2.45) is 5.41 Å². The summed E-state index contributed by atoms with van der Waals surface area (Å²) in [5.74, 6) is -0.752.